The van der Waals surface area contributed by atoms with Gasteiger partial charge < -0.3 is 11.1 Å². The highest BCUT2D eigenvalue weighted by Gasteiger charge is 2.20. The molecule has 8 heteroatoms. The average Bonchev–Trinajstić information content (AvgIpc) is 3.02. The molecule has 1 unspecified atom stereocenters. The molecule has 1 aromatic heterocycles. The Morgan fingerprint density at radius 3 is 2.39 bits per heavy atom. The van der Waals surface area contributed by atoms with E-state index >= 15 is 0 Å². The number of nitrogens with zero attached hydrogens (tertiary/aromatic N) is 3. The van der Waals surface area contributed by atoms with Gasteiger partial charge in [-0.1, -0.05) is 30.0 Å². The molecule has 0 aliphatic rings. The molecular formula is C20H21N5O2S. The molecule has 0 saturated heterocycles. The molecular weight excluding hydrogens is 374 g/mol. The molecule has 0 fully saturated rings. The van der Waals surface area contributed by atoms with Gasteiger partial charge in [0.05, 0.1) is 10.9 Å². The zero-order valence-electron chi connectivity index (χ0n) is 15.8. The second-order valence-corrected chi connectivity index (χ2v) is 7.65. The Labute approximate surface area is 167 Å². The minimum Gasteiger partial charge on any atom is -0.366 e. The van der Waals surface area contributed by atoms with E-state index in [9.17, 15) is 9.59 Å². The van der Waals surface area contributed by atoms with Crippen LogP contribution < -0.4 is 11.1 Å². The van der Waals surface area contributed by atoms with Crippen molar-refractivity contribution in [1.82, 2.24) is 14.8 Å². The van der Waals surface area contributed by atoms with Gasteiger partial charge in [0.2, 0.25) is 11.8 Å². The fourth-order valence-corrected chi connectivity index (χ4v) is 3.59. The van der Waals surface area contributed by atoms with Gasteiger partial charge in [-0.3, -0.25) is 14.2 Å². The maximum atomic E-state index is 12.6. The number of hydrogen-bond donors (Lipinski definition) is 2. The summed E-state index contributed by atoms with van der Waals surface area (Å²) in [5.41, 5.74) is 8.30. The number of amides is 2. The largest absolute Gasteiger partial charge is 0.366 e. The molecule has 2 aromatic carbocycles. The Morgan fingerprint density at radius 1 is 1.07 bits per heavy atom. The van der Waals surface area contributed by atoms with Crippen molar-refractivity contribution >= 4 is 29.3 Å². The molecule has 3 aromatic rings. The smallest absolute Gasteiger partial charge is 0.248 e. The lowest BCUT2D eigenvalue weighted by Crippen LogP contribution is -2.23. The number of aryl methyl sites for hydroxylation is 2. The molecule has 3 N–H and O–H groups in total. The van der Waals surface area contributed by atoms with Gasteiger partial charge in [0.15, 0.2) is 5.16 Å². The topological polar surface area (TPSA) is 103 Å². The van der Waals surface area contributed by atoms with Gasteiger partial charge in [0.25, 0.3) is 0 Å². The number of anilines is 1. The third-order valence-corrected chi connectivity index (χ3v) is 5.28. The van der Waals surface area contributed by atoms with E-state index in [1.54, 1.807) is 24.3 Å². The second-order valence-electron chi connectivity index (χ2n) is 6.34. The highest BCUT2D eigenvalue weighted by molar-refractivity contribution is 8.00. The Morgan fingerprint density at radius 2 is 1.75 bits per heavy atom. The normalized spacial score (nSPS) is 11.8. The summed E-state index contributed by atoms with van der Waals surface area (Å²) in [5.74, 6) is 0.0768. The summed E-state index contributed by atoms with van der Waals surface area (Å²) in [6.07, 6.45) is 0. The van der Waals surface area contributed by atoms with Crippen molar-refractivity contribution < 1.29 is 9.59 Å². The van der Waals surface area contributed by atoms with Crippen molar-refractivity contribution in [2.75, 3.05) is 5.32 Å². The van der Waals surface area contributed by atoms with E-state index in [4.69, 9.17) is 5.73 Å². The Kier molecular flexibility index (Phi) is 5.79. The number of carbonyl (C=O) groups is 2. The quantitative estimate of drug-likeness (QED) is 0.624. The molecule has 0 radical (unpaired) electrons. The molecule has 2 amide bonds. The van der Waals surface area contributed by atoms with E-state index < -0.39 is 11.2 Å². The monoisotopic (exact) mass is 395 g/mol. The van der Waals surface area contributed by atoms with Crippen LogP contribution in [0.4, 0.5) is 5.69 Å². The number of nitrogens with one attached hydrogen (secondary N) is 1. The number of aromatic nitrogens is 3. The van der Waals surface area contributed by atoms with E-state index in [1.807, 2.05) is 49.6 Å². The number of primary amides is 1. The molecule has 0 aliphatic carbocycles. The summed E-state index contributed by atoms with van der Waals surface area (Å²) in [6.45, 7) is 5.72. The fraction of sp³-hybridized carbons (Fsp3) is 0.200. The van der Waals surface area contributed by atoms with Crippen LogP contribution in [0.1, 0.15) is 28.7 Å². The molecule has 28 heavy (non-hydrogen) atoms. The number of thioether (sulfide) groups is 1. The van der Waals surface area contributed by atoms with Crippen molar-refractivity contribution in [3.05, 3.63) is 65.5 Å². The van der Waals surface area contributed by atoms with Crippen molar-refractivity contribution in [3.63, 3.8) is 0 Å². The maximum Gasteiger partial charge on any atom is 0.248 e. The lowest BCUT2D eigenvalue weighted by Gasteiger charge is -2.14. The highest BCUT2D eigenvalue weighted by atomic mass is 32.2. The van der Waals surface area contributed by atoms with Crippen LogP contribution in [0.5, 0.6) is 0 Å². The highest BCUT2D eigenvalue weighted by Crippen LogP contribution is 2.27. The summed E-state index contributed by atoms with van der Waals surface area (Å²) >= 11 is 1.33. The minimum absolute atomic E-state index is 0.172. The van der Waals surface area contributed by atoms with E-state index in [-0.39, 0.29) is 5.91 Å². The van der Waals surface area contributed by atoms with Gasteiger partial charge in [-0.2, -0.15) is 0 Å². The van der Waals surface area contributed by atoms with E-state index in [0.717, 1.165) is 17.1 Å². The molecule has 1 heterocycles. The standard InChI is InChI=1S/C20H21N5O2S/c1-12-6-4-5-7-17(12)25-14(3)23-24-20(25)28-13(2)19(27)22-16-10-8-15(9-11-16)18(21)26/h4-11,13H,1-3H3,(H2,21,26)(H,22,27). The minimum atomic E-state index is -0.507. The number of carbonyl (C=O) groups excluding carboxylic acids is 2. The maximum absolute atomic E-state index is 12.6. The fourth-order valence-electron chi connectivity index (χ4n) is 2.68. The SMILES string of the molecule is Cc1ccccc1-n1c(C)nnc1SC(C)C(=O)Nc1ccc(C(N)=O)cc1. The van der Waals surface area contributed by atoms with Crippen LogP contribution in [0.3, 0.4) is 0 Å². The summed E-state index contributed by atoms with van der Waals surface area (Å²) in [5, 5.41) is 11.5. The number of hydrogen-bond acceptors (Lipinski definition) is 5. The summed E-state index contributed by atoms with van der Waals surface area (Å²) < 4.78 is 1.95. The van der Waals surface area contributed by atoms with Gasteiger partial charge in [-0.25, -0.2) is 0 Å². The predicted molar refractivity (Wildman–Crippen MR) is 110 cm³/mol. The first-order chi connectivity index (χ1) is 13.4. The van der Waals surface area contributed by atoms with Crippen LogP contribution in [0.25, 0.3) is 5.69 Å². The van der Waals surface area contributed by atoms with Crippen LogP contribution in [0.15, 0.2) is 53.7 Å². The molecule has 1 atom stereocenters. The number of nitrogens with two attached hydrogens (primary N) is 1. The van der Waals surface area contributed by atoms with Crippen LogP contribution in [-0.4, -0.2) is 31.8 Å². The van der Waals surface area contributed by atoms with E-state index in [0.29, 0.717) is 16.4 Å². The predicted octanol–water partition coefficient (Wildman–Crippen LogP) is 3.10. The second kappa shape index (κ2) is 8.26. The molecule has 0 aliphatic heterocycles. The Hall–Kier alpha value is -3.13. The first-order valence-electron chi connectivity index (χ1n) is 8.72. The molecule has 7 nitrogen and oxygen atoms in total. The first-order valence-corrected chi connectivity index (χ1v) is 9.60. The Balaban J connectivity index is 1.74. The van der Waals surface area contributed by atoms with Gasteiger partial charge in [-0.15, -0.1) is 10.2 Å². The Bertz CT molecular complexity index is 1010. The van der Waals surface area contributed by atoms with Crippen molar-refractivity contribution in [3.8, 4) is 5.69 Å². The average molecular weight is 395 g/mol. The van der Waals surface area contributed by atoms with E-state index in [1.165, 1.54) is 11.8 Å². The van der Waals surface area contributed by atoms with Crippen LogP contribution in [-0.2, 0) is 4.79 Å². The first kappa shape index (κ1) is 19.6. The molecule has 0 saturated carbocycles. The van der Waals surface area contributed by atoms with Gasteiger partial charge in [0.1, 0.15) is 5.82 Å². The lowest BCUT2D eigenvalue weighted by atomic mass is 10.2. The zero-order chi connectivity index (χ0) is 20.3. The van der Waals surface area contributed by atoms with Gasteiger partial charge in [0, 0.05) is 11.3 Å². The number of para-hydroxylation sites is 1. The molecule has 0 spiro atoms. The van der Waals surface area contributed by atoms with Gasteiger partial charge in [-0.05, 0) is 56.7 Å². The van der Waals surface area contributed by atoms with Crippen LogP contribution in [0.2, 0.25) is 0 Å². The third-order valence-electron chi connectivity index (χ3n) is 4.24. The summed E-state index contributed by atoms with van der Waals surface area (Å²) in [6, 6.07) is 14.4. The lowest BCUT2D eigenvalue weighted by molar-refractivity contribution is -0.115. The van der Waals surface area contributed by atoms with Crippen molar-refractivity contribution in [2.24, 2.45) is 5.73 Å². The summed E-state index contributed by atoms with van der Waals surface area (Å²) in [7, 11) is 0. The number of benzene rings is 2. The van der Waals surface area contributed by atoms with Gasteiger partial charge >= 0.3 is 0 Å². The molecule has 144 valence electrons. The van der Waals surface area contributed by atoms with E-state index in [2.05, 4.69) is 15.5 Å². The number of rotatable bonds is 6. The van der Waals surface area contributed by atoms with Crippen LogP contribution in [0, 0.1) is 13.8 Å². The molecule has 0 bridgehead atoms. The van der Waals surface area contributed by atoms with Crippen LogP contribution >= 0.6 is 11.8 Å². The molecule has 3 rings (SSSR count). The summed E-state index contributed by atoms with van der Waals surface area (Å²) in [4.78, 5) is 23.7. The third kappa shape index (κ3) is 4.23. The van der Waals surface area contributed by atoms with Crippen molar-refractivity contribution in [1.29, 1.82) is 0 Å². The van der Waals surface area contributed by atoms with Crippen molar-refractivity contribution in [2.45, 2.75) is 31.2 Å². The zero-order valence-corrected chi connectivity index (χ0v) is 16.7.